The van der Waals surface area contributed by atoms with Gasteiger partial charge in [-0.1, -0.05) is 0 Å². The molecule has 5 saturated heterocycles. The summed E-state index contributed by atoms with van der Waals surface area (Å²) in [4.78, 5) is 0. The van der Waals surface area contributed by atoms with Crippen LogP contribution in [0.1, 0.15) is 0 Å². The van der Waals surface area contributed by atoms with Gasteiger partial charge >= 0.3 is 0 Å². The van der Waals surface area contributed by atoms with Crippen LogP contribution in [0.5, 0.6) is 0 Å². The van der Waals surface area contributed by atoms with Crippen molar-refractivity contribution in [3.05, 3.63) is 0 Å². The summed E-state index contributed by atoms with van der Waals surface area (Å²) >= 11 is 0. The first-order valence-corrected chi connectivity index (χ1v) is 17.6. The Labute approximate surface area is 315 Å². The van der Waals surface area contributed by atoms with E-state index in [1.165, 1.54) is 0 Å². The van der Waals surface area contributed by atoms with Crippen LogP contribution in [-0.2, 0) is 33.2 Å². The molecule has 0 spiro atoms. The molecule has 0 saturated carbocycles. The predicted octanol–water partition coefficient (Wildman–Crippen LogP) is -13.1. The van der Waals surface area contributed by atoms with Gasteiger partial charge < -0.3 is 130 Å². The maximum atomic E-state index is 11.7. The lowest BCUT2D eigenvalue weighted by Crippen LogP contribution is -2.82. The SMILES string of the molecule is OC[C@H]1OC(OC(C2O[C@H](CO)[C@H](O)[C@H](O)[C@H]2O)(C2O[C@H](CO)[C@H](O)[C@H](O)[C@H]2O)[C@H]2O[C@@H](O[C@H]3[C@H](O)[C@@H](O)[C@@H](O)O[C@@H]3CO)[C@H](O)[C@@H](O)[C@H]2O)[C@H](O)[C@@H](O)[C@H]1O. The summed E-state index contributed by atoms with van der Waals surface area (Å²) < 4.78 is 39.8. The zero-order valence-electron chi connectivity index (χ0n) is 29.1. The van der Waals surface area contributed by atoms with Gasteiger partial charge in [0, 0.05) is 0 Å². The molecule has 26 heteroatoms. The largest absolute Gasteiger partial charge is 0.394 e. The minimum atomic E-state index is -3.40. The first kappa shape index (κ1) is 46.0. The van der Waals surface area contributed by atoms with Crippen LogP contribution in [0.15, 0.2) is 0 Å². The van der Waals surface area contributed by atoms with Crippen molar-refractivity contribution in [2.45, 2.75) is 159 Å². The zero-order valence-corrected chi connectivity index (χ0v) is 29.1. The minimum absolute atomic E-state index is 1.02. The van der Waals surface area contributed by atoms with E-state index in [2.05, 4.69) is 0 Å². The summed E-state index contributed by atoms with van der Waals surface area (Å²) in [6, 6.07) is 0. The van der Waals surface area contributed by atoms with E-state index < -0.39 is 185 Å². The molecule has 0 aliphatic carbocycles. The second-order valence-corrected chi connectivity index (χ2v) is 14.4. The Bertz CT molecular complexity index is 1210. The molecular formula is C30H52O26. The van der Waals surface area contributed by atoms with Gasteiger partial charge in [0.05, 0.1) is 26.4 Å². The molecule has 5 heterocycles. The molecule has 0 aromatic rings. The van der Waals surface area contributed by atoms with E-state index in [0.29, 0.717) is 0 Å². The topological polar surface area (TPSA) is 449 Å². The van der Waals surface area contributed by atoms with Gasteiger partial charge in [-0.05, 0) is 0 Å². The molecular weight excluding hydrogens is 776 g/mol. The molecule has 56 heavy (non-hydrogen) atoms. The van der Waals surface area contributed by atoms with Crippen LogP contribution in [0.3, 0.4) is 0 Å². The van der Waals surface area contributed by atoms with E-state index in [1.54, 1.807) is 0 Å². The maximum absolute atomic E-state index is 11.7. The Kier molecular flexibility index (Phi) is 15.0. The van der Waals surface area contributed by atoms with Gasteiger partial charge in [-0.2, -0.15) is 0 Å². The van der Waals surface area contributed by atoms with Crippen molar-refractivity contribution >= 4 is 0 Å². The average Bonchev–Trinajstić information content (AvgIpc) is 3.18. The maximum Gasteiger partial charge on any atom is 0.187 e. The standard InChI is InChI=1S/C30H52O26/c31-1-5-9(35)12(38)17(43)24(50-5)30(25-18(44)13(39)10(36)6(2-32)51-25,56-29-22(48)14(40)11(37)7(3-33)53-29)26-19(45)15(41)21(47)28(55-26)54-23-8(4-34)52-27(49)20(46)16(23)42/h5-29,31-49H,1-4H2/t5-,6-,7-,8-,9+,10+,11+,12+,13+,14+,15+,16-,17-,18-,19-,20-,21-,22-,23-,24?,25?,26+,27+,28-,29?,30?/m1/s1. The van der Waals surface area contributed by atoms with Crippen molar-refractivity contribution in [2.75, 3.05) is 26.4 Å². The summed E-state index contributed by atoms with van der Waals surface area (Å²) in [5.41, 5.74) is -3.40. The lowest BCUT2D eigenvalue weighted by atomic mass is 9.70. The number of aliphatic hydroxyl groups is 19. The van der Waals surface area contributed by atoms with Crippen LogP contribution in [0.4, 0.5) is 0 Å². The molecule has 5 aliphatic rings. The molecule has 0 amide bonds. The number of hydrogen-bond donors (Lipinski definition) is 19. The number of hydrogen-bond acceptors (Lipinski definition) is 26. The molecule has 0 aromatic heterocycles. The fourth-order valence-electron chi connectivity index (χ4n) is 7.73. The molecule has 5 fully saturated rings. The van der Waals surface area contributed by atoms with E-state index in [1.807, 2.05) is 0 Å². The fourth-order valence-corrected chi connectivity index (χ4v) is 7.73. The number of rotatable bonds is 11. The third kappa shape index (κ3) is 7.97. The molecule has 0 bridgehead atoms. The van der Waals surface area contributed by atoms with Gasteiger partial charge in [-0.25, -0.2) is 0 Å². The molecule has 5 aliphatic heterocycles. The minimum Gasteiger partial charge on any atom is -0.394 e. The van der Waals surface area contributed by atoms with Crippen molar-refractivity contribution < 1.29 is 130 Å². The van der Waals surface area contributed by atoms with Crippen molar-refractivity contribution in [3.63, 3.8) is 0 Å². The fraction of sp³-hybridized carbons (Fsp3) is 1.00. The molecule has 5 rings (SSSR count). The van der Waals surface area contributed by atoms with Crippen LogP contribution in [0.25, 0.3) is 0 Å². The lowest BCUT2D eigenvalue weighted by molar-refractivity contribution is -0.430. The van der Waals surface area contributed by atoms with E-state index in [-0.39, 0.29) is 0 Å². The number of aliphatic hydroxyl groups excluding tert-OH is 19. The van der Waals surface area contributed by atoms with Crippen LogP contribution in [-0.4, -0.2) is 282 Å². The van der Waals surface area contributed by atoms with Gasteiger partial charge in [0.1, 0.15) is 134 Å². The van der Waals surface area contributed by atoms with Crippen LogP contribution < -0.4 is 0 Å². The average molecular weight is 829 g/mol. The molecule has 19 N–H and O–H groups in total. The van der Waals surface area contributed by atoms with Crippen molar-refractivity contribution in [1.29, 1.82) is 0 Å². The molecule has 3 unspecified atom stereocenters. The highest BCUT2D eigenvalue weighted by molar-refractivity contribution is 5.18. The van der Waals surface area contributed by atoms with E-state index in [4.69, 9.17) is 33.2 Å². The molecule has 0 aromatic carbocycles. The molecule has 26 nitrogen and oxygen atoms in total. The summed E-state index contributed by atoms with van der Waals surface area (Å²) in [7, 11) is 0. The third-order valence-electron chi connectivity index (χ3n) is 11.0. The highest BCUT2D eigenvalue weighted by Crippen LogP contribution is 2.47. The Hall–Kier alpha value is -1.04. The lowest BCUT2D eigenvalue weighted by Gasteiger charge is -2.60. The van der Waals surface area contributed by atoms with Crippen molar-refractivity contribution in [3.8, 4) is 0 Å². The highest BCUT2D eigenvalue weighted by Gasteiger charge is 2.71. The molecule has 25 atom stereocenters. The van der Waals surface area contributed by atoms with E-state index >= 15 is 0 Å². The summed E-state index contributed by atoms with van der Waals surface area (Å²) in [6.45, 7) is -4.43. The highest BCUT2D eigenvalue weighted by atomic mass is 16.8. The van der Waals surface area contributed by atoms with Crippen molar-refractivity contribution in [2.24, 2.45) is 0 Å². The van der Waals surface area contributed by atoms with Crippen LogP contribution >= 0.6 is 0 Å². The Morgan fingerprint density at radius 3 is 1.16 bits per heavy atom. The summed E-state index contributed by atoms with van der Waals surface area (Å²) in [5, 5.41) is 204. The number of ether oxygens (including phenoxy) is 7. The van der Waals surface area contributed by atoms with E-state index in [0.717, 1.165) is 0 Å². The summed E-state index contributed by atoms with van der Waals surface area (Å²) in [5.74, 6) is 0. The third-order valence-corrected chi connectivity index (χ3v) is 11.0. The normalized spacial score (nSPS) is 54.4. The van der Waals surface area contributed by atoms with Gasteiger partial charge in [0.15, 0.2) is 24.5 Å². The Balaban J connectivity index is 1.74. The first-order chi connectivity index (χ1) is 26.3. The molecule has 0 radical (unpaired) electrons. The quantitative estimate of drug-likeness (QED) is 0.0919. The van der Waals surface area contributed by atoms with Gasteiger partial charge in [0.25, 0.3) is 0 Å². The summed E-state index contributed by atoms with van der Waals surface area (Å²) in [6.07, 6.45) is -56.7. The van der Waals surface area contributed by atoms with Crippen LogP contribution in [0, 0.1) is 0 Å². The van der Waals surface area contributed by atoms with Crippen LogP contribution in [0.2, 0.25) is 0 Å². The van der Waals surface area contributed by atoms with Crippen molar-refractivity contribution in [1.82, 2.24) is 0 Å². The Morgan fingerprint density at radius 2 is 0.714 bits per heavy atom. The second kappa shape index (κ2) is 18.3. The van der Waals surface area contributed by atoms with E-state index in [9.17, 15) is 97.0 Å². The first-order valence-electron chi connectivity index (χ1n) is 17.6. The Morgan fingerprint density at radius 1 is 0.339 bits per heavy atom. The zero-order chi connectivity index (χ0) is 41.7. The van der Waals surface area contributed by atoms with Gasteiger partial charge in [0.2, 0.25) is 0 Å². The molecule has 328 valence electrons. The monoisotopic (exact) mass is 828 g/mol. The second-order valence-electron chi connectivity index (χ2n) is 14.4. The smallest absolute Gasteiger partial charge is 0.187 e. The van der Waals surface area contributed by atoms with Gasteiger partial charge in [-0.15, -0.1) is 0 Å². The van der Waals surface area contributed by atoms with Gasteiger partial charge in [-0.3, -0.25) is 0 Å². The predicted molar refractivity (Wildman–Crippen MR) is 167 cm³/mol.